The lowest BCUT2D eigenvalue weighted by Crippen LogP contribution is -2.67. The predicted octanol–water partition coefficient (Wildman–Crippen LogP) is -0.186. The monoisotopic (exact) mass is 724 g/mol. The molecule has 19 nitrogen and oxygen atoms in total. The molecule has 0 saturated carbocycles. The molecule has 0 aromatic rings. The summed E-state index contributed by atoms with van der Waals surface area (Å²) in [5, 5.41) is 9.19. The van der Waals surface area contributed by atoms with Crippen LogP contribution >= 0.6 is 11.8 Å². The van der Waals surface area contributed by atoms with Crippen LogP contribution < -0.4 is 0 Å². The van der Waals surface area contributed by atoms with Crippen LogP contribution in [-0.4, -0.2) is 132 Å². The smallest absolute Gasteiger partial charge is 0.304 e. The third-order valence-corrected chi connectivity index (χ3v) is 7.63. The molecule has 0 aromatic heterocycles. The zero-order chi connectivity index (χ0) is 37.0. The van der Waals surface area contributed by atoms with Gasteiger partial charge in [0.05, 0.1) is 6.42 Å². The number of esters is 7. The maximum Gasteiger partial charge on any atom is 0.304 e. The first-order chi connectivity index (χ1) is 22.9. The first-order valence-electron chi connectivity index (χ1n) is 14.8. The number of ether oxygens (including phenoxy) is 10. The fraction of sp³-hybridized carbons (Fsp3) is 0.724. The molecule has 20 heteroatoms. The molecule has 2 rings (SSSR count). The molecule has 2 aliphatic heterocycles. The van der Waals surface area contributed by atoms with Crippen molar-refractivity contribution in [1.82, 2.24) is 0 Å². The Morgan fingerprint density at radius 2 is 0.939 bits per heavy atom. The number of carbonyl (C=O) groups excluding carboxylic acids is 7. The minimum absolute atomic E-state index is 0.0674. The van der Waals surface area contributed by atoms with E-state index in [1.54, 1.807) is 0 Å². The van der Waals surface area contributed by atoms with Gasteiger partial charge < -0.3 is 52.5 Å². The van der Waals surface area contributed by atoms with E-state index in [0.29, 0.717) is 0 Å². The van der Waals surface area contributed by atoms with Gasteiger partial charge in [-0.25, -0.2) is 0 Å². The van der Waals surface area contributed by atoms with Crippen molar-refractivity contribution < 1.29 is 90.8 Å². The minimum atomic E-state index is -1.82. The maximum absolute atomic E-state index is 12.4. The van der Waals surface area contributed by atoms with Crippen LogP contribution in [0.15, 0.2) is 0 Å². The molecule has 0 aromatic carbocycles. The van der Waals surface area contributed by atoms with Crippen molar-refractivity contribution in [2.24, 2.45) is 0 Å². The van der Waals surface area contributed by atoms with Crippen LogP contribution in [0.2, 0.25) is 0 Å². The molecule has 2 heterocycles. The predicted molar refractivity (Wildman–Crippen MR) is 158 cm³/mol. The number of rotatable bonds is 15. The Kier molecular flexibility index (Phi) is 16.2. The van der Waals surface area contributed by atoms with Gasteiger partial charge in [0.15, 0.2) is 36.8 Å². The lowest BCUT2D eigenvalue weighted by Gasteiger charge is -2.48. The molecular weight excluding hydrogens is 684 g/mol. The molecule has 49 heavy (non-hydrogen) atoms. The van der Waals surface area contributed by atoms with Crippen molar-refractivity contribution in [2.45, 2.75) is 115 Å². The Labute approximate surface area is 284 Å². The van der Waals surface area contributed by atoms with Crippen LogP contribution in [0.3, 0.4) is 0 Å². The van der Waals surface area contributed by atoms with Gasteiger partial charge in [0, 0.05) is 54.2 Å². The number of hydrogen-bond acceptors (Lipinski definition) is 19. The van der Waals surface area contributed by atoms with Gasteiger partial charge in [-0.05, 0) is 0 Å². The van der Waals surface area contributed by atoms with E-state index in [2.05, 4.69) is 0 Å². The van der Waals surface area contributed by atoms with Crippen LogP contribution in [0, 0.1) is 0 Å². The summed E-state index contributed by atoms with van der Waals surface area (Å²) in [6, 6.07) is 0. The van der Waals surface area contributed by atoms with Crippen molar-refractivity contribution >= 4 is 59.5 Å². The Balaban J connectivity index is 2.75. The van der Waals surface area contributed by atoms with E-state index in [1.807, 2.05) is 0 Å². The Morgan fingerprint density at radius 1 is 0.531 bits per heavy atom. The topological polar surface area (TPSA) is 249 Å². The Morgan fingerprint density at radius 3 is 1.39 bits per heavy atom. The van der Waals surface area contributed by atoms with Gasteiger partial charge in [0.1, 0.15) is 37.0 Å². The van der Waals surface area contributed by atoms with Crippen LogP contribution in [0.5, 0.6) is 0 Å². The van der Waals surface area contributed by atoms with Crippen LogP contribution in [-0.2, 0) is 85.7 Å². The van der Waals surface area contributed by atoms with E-state index in [9.17, 15) is 43.5 Å². The summed E-state index contributed by atoms with van der Waals surface area (Å²) >= 11 is 0.888. The summed E-state index contributed by atoms with van der Waals surface area (Å²) in [4.78, 5) is 96.1. The summed E-state index contributed by atoms with van der Waals surface area (Å²) in [6.45, 7) is 6.25. The van der Waals surface area contributed by atoms with E-state index < -0.39 is 122 Å². The van der Waals surface area contributed by atoms with E-state index in [4.69, 9.17) is 47.4 Å². The van der Waals surface area contributed by atoms with E-state index in [0.717, 1.165) is 60.2 Å². The molecule has 0 spiro atoms. The van der Waals surface area contributed by atoms with Gasteiger partial charge >= 0.3 is 47.8 Å². The molecule has 0 radical (unpaired) electrons. The average Bonchev–Trinajstić information content (AvgIpc) is 2.95. The third kappa shape index (κ3) is 13.4. The SMILES string of the molecule is CC(=O)OCC1O[C@@H](SCCC(=O)O)C(OC(C)=O)[C@@H](O[C@@H]2OC(COC(C)=O)[C@H](OC(C)=O)[C@H](OC(C)=O)C2OC(C)=O)[C@@H]1OC(C)=O. The number of hydrogen-bond donors (Lipinski definition) is 1. The fourth-order valence-electron chi connectivity index (χ4n) is 4.87. The second-order valence-electron chi connectivity index (χ2n) is 10.7. The molecule has 276 valence electrons. The highest BCUT2D eigenvalue weighted by atomic mass is 32.2. The highest BCUT2D eigenvalue weighted by Crippen LogP contribution is 2.38. The number of carboxylic acids is 1. The molecule has 2 saturated heterocycles. The van der Waals surface area contributed by atoms with E-state index in [1.165, 1.54) is 0 Å². The highest BCUT2D eigenvalue weighted by molar-refractivity contribution is 7.99. The van der Waals surface area contributed by atoms with Crippen LogP contribution in [0.4, 0.5) is 0 Å². The lowest BCUT2D eigenvalue weighted by molar-refractivity contribution is -0.340. The van der Waals surface area contributed by atoms with Crippen molar-refractivity contribution in [3.8, 4) is 0 Å². The van der Waals surface area contributed by atoms with Crippen molar-refractivity contribution in [2.75, 3.05) is 19.0 Å². The second kappa shape index (κ2) is 19.2. The summed E-state index contributed by atoms with van der Waals surface area (Å²) < 4.78 is 55.9. The van der Waals surface area contributed by atoms with Crippen LogP contribution in [0.1, 0.15) is 54.9 Å². The van der Waals surface area contributed by atoms with Crippen molar-refractivity contribution in [1.29, 1.82) is 0 Å². The lowest BCUT2D eigenvalue weighted by atomic mass is 9.96. The molecule has 2 aliphatic rings. The van der Waals surface area contributed by atoms with Gasteiger partial charge in [-0.1, -0.05) is 0 Å². The molecule has 2 fully saturated rings. The quantitative estimate of drug-likeness (QED) is 0.170. The highest BCUT2D eigenvalue weighted by Gasteiger charge is 2.57. The largest absolute Gasteiger partial charge is 0.481 e. The summed E-state index contributed by atoms with van der Waals surface area (Å²) in [5.74, 6) is -7.18. The third-order valence-electron chi connectivity index (χ3n) is 6.48. The van der Waals surface area contributed by atoms with Gasteiger partial charge in [0.2, 0.25) is 0 Å². The maximum atomic E-state index is 12.4. The number of thioether (sulfide) groups is 1. The minimum Gasteiger partial charge on any atom is -0.481 e. The van der Waals surface area contributed by atoms with Crippen LogP contribution in [0.25, 0.3) is 0 Å². The van der Waals surface area contributed by atoms with Gasteiger partial charge in [-0.3, -0.25) is 38.4 Å². The molecular formula is C29H40O19S. The van der Waals surface area contributed by atoms with E-state index in [-0.39, 0.29) is 12.2 Å². The fourth-order valence-corrected chi connectivity index (χ4v) is 6.01. The van der Waals surface area contributed by atoms with Gasteiger partial charge in [-0.15, -0.1) is 11.8 Å². The van der Waals surface area contributed by atoms with Crippen molar-refractivity contribution in [3.05, 3.63) is 0 Å². The van der Waals surface area contributed by atoms with E-state index >= 15 is 0 Å². The second-order valence-corrected chi connectivity index (χ2v) is 11.9. The molecule has 1 N–H and O–H groups in total. The summed E-state index contributed by atoms with van der Waals surface area (Å²) in [7, 11) is 0. The molecule has 10 atom stereocenters. The molecule has 0 amide bonds. The zero-order valence-electron chi connectivity index (χ0n) is 27.8. The first kappa shape index (κ1) is 41.2. The number of carbonyl (C=O) groups is 8. The first-order valence-corrected chi connectivity index (χ1v) is 15.9. The Bertz CT molecular complexity index is 1240. The molecule has 0 aliphatic carbocycles. The summed E-state index contributed by atoms with van der Waals surface area (Å²) in [5.41, 5.74) is -1.23. The Hall–Kier alpha value is -4.01. The summed E-state index contributed by atoms with van der Waals surface area (Å²) in [6.07, 6.45) is -14.4. The molecule has 4 unspecified atom stereocenters. The number of aliphatic carboxylic acids is 1. The van der Waals surface area contributed by atoms with Crippen molar-refractivity contribution in [3.63, 3.8) is 0 Å². The standard InChI is InChI=1S/C29H40O19S/c1-12(30)39-10-19-22(41-14(3)32)24(43-16(5)34)26(44-17(6)35)28(46-19)48-25-23(42-15(4)33)20(11-40-13(2)31)47-29(27(25)45-18(7)36)49-9-8-21(37)38/h19-20,22-29H,8-11H2,1-7H3,(H,37,38)/t19?,20?,22-,23+,24-,25-,26?,27?,28-,29-/m0/s1. The van der Waals surface area contributed by atoms with Gasteiger partial charge in [-0.2, -0.15) is 0 Å². The molecule has 0 bridgehead atoms. The van der Waals surface area contributed by atoms with Gasteiger partial charge in [0.25, 0.3) is 0 Å². The normalized spacial score (nSPS) is 29.4. The zero-order valence-corrected chi connectivity index (χ0v) is 28.6. The number of carboxylic acid groups (broad SMARTS) is 1. The average molecular weight is 725 g/mol.